The molecule has 0 radical (unpaired) electrons. The third kappa shape index (κ3) is 4.48. The molecule has 1 amide bonds. The molecule has 2 N–H and O–H groups in total. The Morgan fingerprint density at radius 1 is 1.40 bits per heavy atom. The topological polar surface area (TPSA) is 44.4 Å². The van der Waals surface area contributed by atoms with Gasteiger partial charge in [0.2, 0.25) is 5.91 Å². The van der Waals surface area contributed by atoms with E-state index in [1.54, 1.807) is 0 Å². The molecule has 6 heteroatoms. The normalized spacial score (nSPS) is 29.6. The van der Waals surface area contributed by atoms with Crippen molar-refractivity contribution >= 4 is 30.7 Å². The largest absolute Gasteiger partial charge is 0.354 e. The summed E-state index contributed by atoms with van der Waals surface area (Å²) >= 11 is 0. The summed E-state index contributed by atoms with van der Waals surface area (Å²) in [6, 6.07) is 0. The molecule has 4 nitrogen and oxygen atoms in total. The molecule has 20 heavy (non-hydrogen) atoms. The Morgan fingerprint density at radius 3 is 2.65 bits per heavy atom. The van der Waals surface area contributed by atoms with E-state index in [9.17, 15) is 4.79 Å². The minimum Gasteiger partial charge on any atom is -0.354 e. The van der Waals surface area contributed by atoms with Gasteiger partial charge in [-0.05, 0) is 51.2 Å². The summed E-state index contributed by atoms with van der Waals surface area (Å²) < 4.78 is 0. The lowest BCUT2D eigenvalue weighted by atomic mass is 9.93. The number of hydrogen-bond donors (Lipinski definition) is 2. The Bertz CT molecular complexity index is 296. The molecular weight excluding hydrogens is 297 g/mol. The zero-order valence-electron chi connectivity index (χ0n) is 12.6. The summed E-state index contributed by atoms with van der Waals surface area (Å²) in [6.07, 6.45) is 4.22. The van der Waals surface area contributed by atoms with Gasteiger partial charge in [0.25, 0.3) is 0 Å². The van der Waals surface area contributed by atoms with E-state index in [4.69, 9.17) is 0 Å². The number of halogens is 2. The van der Waals surface area contributed by atoms with E-state index in [1.807, 2.05) is 0 Å². The maximum absolute atomic E-state index is 12.3. The van der Waals surface area contributed by atoms with Crippen LogP contribution in [0.5, 0.6) is 0 Å². The molecule has 2 saturated heterocycles. The fourth-order valence-electron chi connectivity index (χ4n) is 3.24. The van der Waals surface area contributed by atoms with Crippen LogP contribution in [0.2, 0.25) is 0 Å². The van der Waals surface area contributed by atoms with Crippen LogP contribution in [0.15, 0.2) is 0 Å². The second-order valence-electron chi connectivity index (χ2n) is 5.72. The zero-order valence-corrected chi connectivity index (χ0v) is 14.2. The van der Waals surface area contributed by atoms with Crippen molar-refractivity contribution in [1.29, 1.82) is 0 Å². The van der Waals surface area contributed by atoms with Crippen molar-refractivity contribution in [3.63, 3.8) is 0 Å². The van der Waals surface area contributed by atoms with Crippen LogP contribution in [0.3, 0.4) is 0 Å². The van der Waals surface area contributed by atoms with Crippen molar-refractivity contribution in [3.8, 4) is 0 Å². The summed E-state index contributed by atoms with van der Waals surface area (Å²) in [5.41, 5.74) is -0.275. The van der Waals surface area contributed by atoms with Crippen molar-refractivity contribution in [2.24, 2.45) is 5.92 Å². The minimum absolute atomic E-state index is 0. The number of hydrogen-bond acceptors (Lipinski definition) is 3. The predicted molar refractivity (Wildman–Crippen MR) is 88.0 cm³/mol. The van der Waals surface area contributed by atoms with E-state index in [0.29, 0.717) is 5.92 Å². The van der Waals surface area contributed by atoms with Crippen molar-refractivity contribution in [2.45, 2.75) is 45.1 Å². The number of carbonyl (C=O) groups excluding carboxylic acids is 1. The molecule has 0 bridgehead atoms. The maximum atomic E-state index is 12.3. The van der Waals surface area contributed by atoms with E-state index in [0.717, 1.165) is 45.4 Å². The monoisotopic (exact) mass is 325 g/mol. The Labute approximate surface area is 135 Å². The second kappa shape index (κ2) is 9.08. The van der Waals surface area contributed by atoms with E-state index >= 15 is 0 Å². The van der Waals surface area contributed by atoms with Crippen LogP contribution in [0, 0.1) is 5.92 Å². The standard InChI is InChI=1S/C14H27N3O.2ClH/c1-3-14(7-5-8-16-14)13(18)15-10-12-6-9-17(4-2)11-12;;/h12,16H,3-11H2,1-2H3,(H,15,18);2*1H. The molecule has 0 aliphatic carbocycles. The first-order chi connectivity index (χ1) is 8.70. The van der Waals surface area contributed by atoms with E-state index in [1.165, 1.54) is 13.0 Å². The highest BCUT2D eigenvalue weighted by Crippen LogP contribution is 2.23. The van der Waals surface area contributed by atoms with E-state index in [-0.39, 0.29) is 36.3 Å². The zero-order chi connectivity index (χ0) is 13.0. The van der Waals surface area contributed by atoms with Crippen molar-refractivity contribution < 1.29 is 4.79 Å². The molecule has 0 aromatic carbocycles. The van der Waals surface area contributed by atoms with Gasteiger partial charge in [0.1, 0.15) is 0 Å². The van der Waals surface area contributed by atoms with Crippen molar-refractivity contribution in [1.82, 2.24) is 15.5 Å². The fourth-order valence-corrected chi connectivity index (χ4v) is 3.24. The molecule has 2 unspecified atom stereocenters. The molecule has 0 saturated carbocycles. The molecule has 2 heterocycles. The molecular formula is C14H29Cl2N3O. The summed E-state index contributed by atoms with van der Waals surface area (Å²) in [5.74, 6) is 0.863. The van der Waals surface area contributed by atoms with Crippen LogP contribution < -0.4 is 10.6 Å². The number of carbonyl (C=O) groups is 1. The Morgan fingerprint density at radius 2 is 2.15 bits per heavy atom. The van der Waals surface area contributed by atoms with Crippen LogP contribution in [-0.2, 0) is 4.79 Å². The van der Waals surface area contributed by atoms with Gasteiger partial charge in [-0.3, -0.25) is 4.79 Å². The van der Waals surface area contributed by atoms with Gasteiger partial charge < -0.3 is 15.5 Å². The summed E-state index contributed by atoms with van der Waals surface area (Å²) in [4.78, 5) is 14.8. The van der Waals surface area contributed by atoms with Gasteiger partial charge >= 0.3 is 0 Å². The number of rotatable bonds is 5. The Balaban J connectivity index is 0.00000180. The first-order valence-corrected chi connectivity index (χ1v) is 7.46. The first-order valence-electron chi connectivity index (χ1n) is 7.46. The first kappa shape index (κ1) is 20.0. The van der Waals surface area contributed by atoms with Gasteiger partial charge in [-0.1, -0.05) is 13.8 Å². The van der Waals surface area contributed by atoms with Gasteiger partial charge in [0.15, 0.2) is 0 Å². The summed E-state index contributed by atoms with van der Waals surface area (Å²) in [6.45, 7) is 9.59. The highest BCUT2D eigenvalue weighted by molar-refractivity contribution is 5.86. The summed E-state index contributed by atoms with van der Waals surface area (Å²) in [7, 11) is 0. The maximum Gasteiger partial charge on any atom is 0.240 e. The highest BCUT2D eigenvalue weighted by atomic mass is 35.5. The third-order valence-corrected chi connectivity index (χ3v) is 4.65. The van der Waals surface area contributed by atoms with Crippen molar-refractivity contribution in [3.05, 3.63) is 0 Å². The second-order valence-corrected chi connectivity index (χ2v) is 5.72. The molecule has 120 valence electrons. The van der Waals surface area contributed by atoms with Gasteiger partial charge in [0, 0.05) is 13.1 Å². The van der Waals surface area contributed by atoms with Crippen LogP contribution in [0.1, 0.15) is 39.5 Å². The lowest BCUT2D eigenvalue weighted by molar-refractivity contribution is -0.127. The van der Waals surface area contributed by atoms with Gasteiger partial charge in [0.05, 0.1) is 5.54 Å². The molecule has 2 rings (SSSR count). The molecule has 0 aromatic heterocycles. The fraction of sp³-hybridized carbons (Fsp3) is 0.929. The van der Waals surface area contributed by atoms with Crippen LogP contribution in [0.4, 0.5) is 0 Å². The molecule has 2 atom stereocenters. The van der Waals surface area contributed by atoms with Gasteiger partial charge in [-0.2, -0.15) is 0 Å². The van der Waals surface area contributed by atoms with Gasteiger partial charge in [-0.15, -0.1) is 24.8 Å². The Hall–Kier alpha value is -0.0300. The SMILES string of the molecule is CCN1CCC(CNC(=O)C2(CC)CCCN2)C1.Cl.Cl. The number of likely N-dealkylation sites (tertiary alicyclic amines) is 1. The van der Waals surface area contributed by atoms with Crippen LogP contribution in [0.25, 0.3) is 0 Å². The lowest BCUT2D eigenvalue weighted by Gasteiger charge is -2.27. The van der Waals surface area contributed by atoms with E-state index in [2.05, 4.69) is 29.4 Å². The molecule has 2 aliphatic rings. The smallest absolute Gasteiger partial charge is 0.240 e. The Kier molecular flexibility index (Phi) is 9.07. The average Bonchev–Trinajstić information content (AvgIpc) is 3.05. The van der Waals surface area contributed by atoms with Crippen LogP contribution >= 0.6 is 24.8 Å². The number of nitrogens with zero attached hydrogens (tertiary/aromatic N) is 1. The third-order valence-electron chi connectivity index (χ3n) is 4.65. The number of nitrogens with one attached hydrogen (secondary N) is 2. The van der Waals surface area contributed by atoms with Crippen LogP contribution in [-0.4, -0.2) is 49.1 Å². The minimum atomic E-state index is -0.275. The average molecular weight is 326 g/mol. The van der Waals surface area contributed by atoms with Crippen molar-refractivity contribution in [2.75, 3.05) is 32.7 Å². The lowest BCUT2D eigenvalue weighted by Crippen LogP contribution is -2.53. The number of amides is 1. The molecule has 2 aliphatic heterocycles. The summed E-state index contributed by atoms with van der Waals surface area (Å²) in [5, 5.41) is 6.57. The van der Waals surface area contributed by atoms with E-state index < -0.39 is 0 Å². The molecule has 0 aromatic rings. The highest BCUT2D eigenvalue weighted by Gasteiger charge is 2.39. The molecule has 0 spiro atoms. The quantitative estimate of drug-likeness (QED) is 0.810. The molecule has 2 fully saturated rings. The van der Waals surface area contributed by atoms with Gasteiger partial charge in [-0.25, -0.2) is 0 Å². The predicted octanol–water partition coefficient (Wildman–Crippen LogP) is 1.82.